The highest BCUT2D eigenvalue weighted by Gasteiger charge is 2.18. The molecule has 0 saturated heterocycles. The molecule has 0 aliphatic carbocycles. The number of methoxy groups -OCH3 is 1. The van der Waals surface area contributed by atoms with Crippen LogP contribution in [0.4, 0.5) is 0 Å². The lowest BCUT2D eigenvalue weighted by molar-refractivity contribution is 0.0600. The molecule has 0 fully saturated rings. The largest absolute Gasteiger partial charge is 0.465 e. The molecule has 120 valence electrons. The van der Waals surface area contributed by atoms with Gasteiger partial charge in [0.25, 0.3) is 5.91 Å². The molecule has 4 nitrogen and oxygen atoms in total. The lowest BCUT2D eigenvalue weighted by Crippen LogP contribution is -2.27. The second-order valence-corrected chi connectivity index (χ2v) is 6.08. The van der Waals surface area contributed by atoms with Crippen molar-refractivity contribution < 1.29 is 14.3 Å². The molecule has 0 spiro atoms. The predicted molar refractivity (Wildman–Crippen MR) is 92.5 cm³/mol. The lowest BCUT2D eigenvalue weighted by Gasteiger charge is -2.15. The van der Waals surface area contributed by atoms with E-state index in [-0.39, 0.29) is 11.9 Å². The summed E-state index contributed by atoms with van der Waals surface area (Å²) in [4.78, 5) is 24.3. The van der Waals surface area contributed by atoms with Crippen molar-refractivity contribution in [1.29, 1.82) is 0 Å². The number of hydrogen-bond donors (Lipinski definition) is 1. The smallest absolute Gasteiger partial charge is 0.338 e. The quantitative estimate of drug-likeness (QED) is 0.820. The first-order valence-electron chi connectivity index (χ1n) is 7.18. The van der Waals surface area contributed by atoms with Gasteiger partial charge in [0.2, 0.25) is 0 Å². The number of benzene rings is 2. The third-order valence-corrected chi connectivity index (χ3v) is 4.48. The zero-order chi connectivity index (χ0) is 17.0. The molecule has 0 radical (unpaired) electrons. The molecule has 23 heavy (non-hydrogen) atoms. The van der Waals surface area contributed by atoms with Crippen LogP contribution in [0.3, 0.4) is 0 Å². The van der Waals surface area contributed by atoms with Gasteiger partial charge in [0.05, 0.1) is 18.7 Å². The normalized spacial score (nSPS) is 11.7. The summed E-state index contributed by atoms with van der Waals surface area (Å²) in [6.45, 7) is 3.71. The molecular formula is C18H18BrNO3. The molecule has 1 amide bonds. The minimum atomic E-state index is -0.464. The van der Waals surface area contributed by atoms with E-state index in [1.54, 1.807) is 19.1 Å². The molecule has 0 bridgehead atoms. The summed E-state index contributed by atoms with van der Waals surface area (Å²) in [6.07, 6.45) is 0. The summed E-state index contributed by atoms with van der Waals surface area (Å²) >= 11 is 3.39. The van der Waals surface area contributed by atoms with Crippen molar-refractivity contribution in [3.63, 3.8) is 0 Å². The van der Waals surface area contributed by atoms with Gasteiger partial charge in [-0.15, -0.1) is 0 Å². The van der Waals surface area contributed by atoms with E-state index in [1.807, 2.05) is 37.3 Å². The summed E-state index contributed by atoms with van der Waals surface area (Å²) in [5.41, 5.74) is 2.54. The standard InChI is InChI=1S/C18H18BrNO3/c1-11-15(18(22)23-3)9-14(10-16(11)19)17(21)20-12(2)13-7-5-4-6-8-13/h4-10,12H,1-3H3,(H,20,21)/t12-/m1/s1. The van der Waals surface area contributed by atoms with E-state index in [1.165, 1.54) is 7.11 Å². The van der Waals surface area contributed by atoms with Crippen molar-refractivity contribution in [1.82, 2.24) is 5.32 Å². The molecule has 2 aromatic rings. The number of ether oxygens (including phenoxy) is 1. The fourth-order valence-corrected chi connectivity index (χ4v) is 2.70. The second kappa shape index (κ2) is 7.42. The van der Waals surface area contributed by atoms with Gasteiger partial charge in [-0.1, -0.05) is 46.3 Å². The topological polar surface area (TPSA) is 55.4 Å². The Morgan fingerprint density at radius 2 is 1.83 bits per heavy atom. The van der Waals surface area contributed by atoms with Crippen LogP contribution < -0.4 is 5.32 Å². The van der Waals surface area contributed by atoms with E-state index < -0.39 is 5.97 Å². The van der Waals surface area contributed by atoms with E-state index in [4.69, 9.17) is 4.74 Å². The summed E-state index contributed by atoms with van der Waals surface area (Å²) in [7, 11) is 1.32. The number of carbonyl (C=O) groups excluding carboxylic acids is 2. The number of carbonyl (C=O) groups is 2. The van der Waals surface area contributed by atoms with Crippen molar-refractivity contribution in [2.75, 3.05) is 7.11 Å². The minimum absolute atomic E-state index is 0.134. The fourth-order valence-electron chi connectivity index (χ4n) is 2.24. The highest BCUT2D eigenvalue weighted by Crippen LogP contribution is 2.23. The molecule has 0 aliphatic rings. The maximum absolute atomic E-state index is 12.5. The Balaban J connectivity index is 2.26. The molecule has 5 heteroatoms. The van der Waals surface area contributed by atoms with Gasteiger partial charge < -0.3 is 10.1 Å². The van der Waals surface area contributed by atoms with Crippen LogP contribution in [-0.2, 0) is 4.74 Å². The molecule has 1 N–H and O–H groups in total. The van der Waals surface area contributed by atoms with E-state index in [9.17, 15) is 9.59 Å². The van der Waals surface area contributed by atoms with E-state index >= 15 is 0 Å². The van der Waals surface area contributed by atoms with Crippen LogP contribution in [0.5, 0.6) is 0 Å². The fraction of sp³-hybridized carbons (Fsp3) is 0.222. The number of hydrogen-bond acceptors (Lipinski definition) is 3. The Morgan fingerprint density at radius 1 is 1.17 bits per heavy atom. The van der Waals surface area contributed by atoms with Crippen molar-refractivity contribution in [2.24, 2.45) is 0 Å². The number of nitrogens with one attached hydrogen (secondary N) is 1. The predicted octanol–water partition coefficient (Wildman–Crippen LogP) is 4.04. The van der Waals surface area contributed by atoms with Crippen LogP contribution >= 0.6 is 15.9 Å². The van der Waals surface area contributed by atoms with Crippen LogP contribution in [0.25, 0.3) is 0 Å². The maximum atomic E-state index is 12.5. The van der Waals surface area contributed by atoms with E-state index in [2.05, 4.69) is 21.2 Å². The van der Waals surface area contributed by atoms with E-state index in [0.717, 1.165) is 11.1 Å². The van der Waals surface area contributed by atoms with Crippen LogP contribution in [0.15, 0.2) is 46.9 Å². The van der Waals surface area contributed by atoms with Crippen LogP contribution in [0.2, 0.25) is 0 Å². The Labute approximate surface area is 144 Å². The molecule has 2 aromatic carbocycles. The minimum Gasteiger partial charge on any atom is -0.465 e. The number of halogens is 1. The highest BCUT2D eigenvalue weighted by atomic mass is 79.9. The molecule has 0 saturated carbocycles. The summed E-state index contributed by atoms with van der Waals surface area (Å²) in [5.74, 6) is -0.707. The van der Waals surface area contributed by atoms with Gasteiger partial charge in [-0.3, -0.25) is 4.79 Å². The van der Waals surface area contributed by atoms with Crippen LogP contribution in [0, 0.1) is 6.92 Å². The summed E-state index contributed by atoms with van der Waals surface area (Å²) in [6, 6.07) is 12.8. The number of esters is 1. The Hall–Kier alpha value is -2.14. The molecule has 0 heterocycles. The molecule has 0 unspecified atom stereocenters. The van der Waals surface area contributed by atoms with Crippen LogP contribution in [0.1, 0.15) is 44.8 Å². The van der Waals surface area contributed by atoms with Crippen molar-refractivity contribution in [3.8, 4) is 0 Å². The second-order valence-electron chi connectivity index (χ2n) is 5.23. The third kappa shape index (κ3) is 3.99. The first-order chi connectivity index (χ1) is 10.9. The van der Waals surface area contributed by atoms with Crippen LogP contribution in [-0.4, -0.2) is 19.0 Å². The van der Waals surface area contributed by atoms with Gasteiger partial charge in [-0.25, -0.2) is 4.79 Å². The van der Waals surface area contributed by atoms with Gasteiger partial charge >= 0.3 is 5.97 Å². The average molecular weight is 376 g/mol. The Kier molecular flexibility index (Phi) is 5.55. The molecule has 0 aliphatic heterocycles. The lowest BCUT2D eigenvalue weighted by atomic mass is 10.0. The average Bonchev–Trinajstić information content (AvgIpc) is 2.57. The Bertz CT molecular complexity index is 729. The van der Waals surface area contributed by atoms with E-state index in [0.29, 0.717) is 15.6 Å². The van der Waals surface area contributed by atoms with Crippen molar-refractivity contribution in [3.05, 3.63) is 69.2 Å². The third-order valence-electron chi connectivity index (χ3n) is 3.66. The highest BCUT2D eigenvalue weighted by molar-refractivity contribution is 9.10. The summed E-state index contributed by atoms with van der Waals surface area (Å²) < 4.78 is 5.46. The van der Waals surface area contributed by atoms with Gasteiger partial charge in [-0.2, -0.15) is 0 Å². The number of amides is 1. The van der Waals surface area contributed by atoms with Gasteiger partial charge in [0.15, 0.2) is 0 Å². The molecule has 1 atom stereocenters. The zero-order valence-corrected chi connectivity index (χ0v) is 14.8. The zero-order valence-electron chi connectivity index (χ0n) is 13.2. The first kappa shape index (κ1) is 17.2. The SMILES string of the molecule is COC(=O)c1cc(C(=O)N[C@H](C)c2ccccc2)cc(Br)c1C. The molecule has 0 aromatic heterocycles. The Morgan fingerprint density at radius 3 is 2.43 bits per heavy atom. The van der Waals surface area contributed by atoms with Crippen molar-refractivity contribution in [2.45, 2.75) is 19.9 Å². The van der Waals surface area contributed by atoms with Gasteiger partial charge in [0, 0.05) is 10.0 Å². The number of rotatable bonds is 4. The van der Waals surface area contributed by atoms with Gasteiger partial charge in [-0.05, 0) is 37.1 Å². The van der Waals surface area contributed by atoms with Gasteiger partial charge in [0.1, 0.15) is 0 Å². The van der Waals surface area contributed by atoms with Crippen molar-refractivity contribution >= 4 is 27.8 Å². The molecular weight excluding hydrogens is 358 g/mol. The first-order valence-corrected chi connectivity index (χ1v) is 7.97. The summed E-state index contributed by atoms with van der Waals surface area (Å²) in [5, 5.41) is 2.93. The maximum Gasteiger partial charge on any atom is 0.338 e. The monoisotopic (exact) mass is 375 g/mol. The molecule has 2 rings (SSSR count).